The fourth-order valence-corrected chi connectivity index (χ4v) is 1.10. The van der Waals surface area contributed by atoms with E-state index in [0.717, 1.165) is 0 Å². The smallest absolute Gasteiger partial charge is 0.143 e. The van der Waals surface area contributed by atoms with Crippen LogP contribution in [0.4, 0.5) is 4.39 Å². The van der Waals surface area contributed by atoms with Crippen LogP contribution < -0.4 is 0 Å². The summed E-state index contributed by atoms with van der Waals surface area (Å²) in [6, 6.07) is 4.65. The molecule has 0 nitrogen and oxygen atoms in total. The molecule has 66 valence electrons. The summed E-state index contributed by atoms with van der Waals surface area (Å²) in [6.07, 6.45) is 2.37. The third kappa shape index (κ3) is 2.23. The molecule has 0 unspecified atom stereocenters. The summed E-state index contributed by atoms with van der Waals surface area (Å²) in [5, 5.41) is 0.150. The number of benzene rings is 1. The molecule has 0 amide bonds. The molecule has 0 aliphatic heterocycles. The minimum Gasteiger partial charge on any atom is -0.205 e. The van der Waals surface area contributed by atoms with Crippen molar-refractivity contribution in [3.63, 3.8) is 0 Å². The van der Waals surface area contributed by atoms with Crippen molar-refractivity contribution in [3.8, 4) is 11.8 Å². The maximum Gasteiger partial charge on any atom is 0.143 e. The van der Waals surface area contributed by atoms with E-state index in [4.69, 9.17) is 11.6 Å². The van der Waals surface area contributed by atoms with Crippen molar-refractivity contribution in [1.29, 1.82) is 0 Å². The normalized spacial score (nSPS) is 14.9. The second kappa shape index (κ2) is 3.40. The molecule has 2 heteroatoms. The van der Waals surface area contributed by atoms with Crippen molar-refractivity contribution >= 4 is 11.6 Å². The molecule has 1 aromatic rings. The Kier molecular flexibility index (Phi) is 2.24. The minimum absolute atomic E-state index is 0.150. The van der Waals surface area contributed by atoms with E-state index in [-0.39, 0.29) is 5.02 Å². The Balaban J connectivity index is 2.22. The van der Waals surface area contributed by atoms with Gasteiger partial charge in [-0.25, -0.2) is 4.39 Å². The summed E-state index contributed by atoms with van der Waals surface area (Å²) in [5.74, 6) is 6.13. The summed E-state index contributed by atoms with van der Waals surface area (Å²) >= 11 is 5.53. The second-order valence-electron chi connectivity index (χ2n) is 3.17. The highest BCUT2D eigenvalue weighted by Gasteiger charge is 2.17. The van der Waals surface area contributed by atoms with Gasteiger partial charge in [0.25, 0.3) is 0 Å². The summed E-state index contributed by atoms with van der Waals surface area (Å²) < 4.78 is 12.9. The van der Waals surface area contributed by atoms with E-state index in [2.05, 4.69) is 11.8 Å². The fraction of sp³-hybridized carbons (Fsp3) is 0.273. The van der Waals surface area contributed by atoms with E-state index in [9.17, 15) is 4.39 Å². The summed E-state index contributed by atoms with van der Waals surface area (Å²) in [7, 11) is 0. The molecule has 0 heterocycles. The second-order valence-corrected chi connectivity index (χ2v) is 3.58. The SMILES string of the molecule is Fc1cc(C#CC2CC2)ccc1Cl. The van der Waals surface area contributed by atoms with Gasteiger partial charge < -0.3 is 0 Å². The van der Waals surface area contributed by atoms with Crippen LogP contribution in [0.25, 0.3) is 0 Å². The maximum absolute atomic E-state index is 12.9. The van der Waals surface area contributed by atoms with Crippen molar-refractivity contribution in [3.05, 3.63) is 34.6 Å². The molecule has 2 rings (SSSR count). The largest absolute Gasteiger partial charge is 0.205 e. The zero-order valence-corrected chi connectivity index (χ0v) is 7.74. The summed E-state index contributed by atoms with van der Waals surface area (Å²) in [5.41, 5.74) is 0.703. The lowest BCUT2D eigenvalue weighted by Gasteiger charge is -1.93. The molecule has 0 spiro atoms. The minimum atomic E-state index is -0.399. The van der Waals surface area contributed by atoms with Gasteiger partial charge in [0.2, 0.25) is 0 Å². The first-order valence-electron chi connectivity index (χ1n) is 4.22. The molecule has 13 heavy (non-hydrogen) atoms. The van der Waals surface area contributed by atoms with E-state index in [0.29, 0.717) is 11.5 Å². The van der Waals surface area contributed by atoms with Gasteiger partial charge in [-0.3, -0.25) is 0 Å². The van der Waals surface area contributed by atoms with Crippen LogP contribution in [0.5, 0.6) is 0 Å². The highest BCUT2D eigenvalue weighted by atomic mass is 35.5. The highest BCUT2D eigenvalue weighted by molar-refractivity contribution is 6.30. The van der Waals surface area contributed by atoms with Crippen LogP contribution in [0.2, 0.25) is 5.02 Å². The third-order valence-corrected chi connectivity index (χ3v) is 2.22. The average Bonchev–Trinajstić information content (AvgIpc) is 2.91. The van der Waals surface area contributed by atoms with Crippen molar-refractivity contribution < 1.29 is 4.39 Å². The van der Waals surface area contributed by atoms with Gasteiger partial charge in [0.05, 0.1) is 5.02 Å². The van der Waals surface area contributed by atoms with Gasteiger partial charge in [0.15, 0.2) is 0 Å². The van der Waals surface area contributed by atoms with Crippen LogP contribution in [0.15, 0.2) is 18.2 Å². The predicted molar refractivity (Wildman–Crippen MR) is 51.0 cm³/mol. The maximum atomic E-state index is 12.9. The lowest BCUT2D eigenvalue weighted by Crippen LogP contribution is -1.79. The number of hydrogen-bond acceptors (Lipinski definition) is 0. The molecule has 0 radical (unpaired) electrons. The number of halogens is 2. The van der Waals surface area contributed by atoms with E-state index >= 15 is 0 Å². The molecule has 0 saturated heterocycles. The Hall–Kier alpha value is -1.00. The van der Waals surface area contributed by atoms with Gasteiger partial charge in [-0.1, -0.05) is 23.4 Å². The van der Waals surface area contributed by atoms with Crippen molar-refractivity contribution in [2.24, 2.45) is 5.92 Å². The first kappa shape index (κ1) is 8.59. The van der Waals surface area contributed by atoms with Crippen molar-refractivity contribution in [2.75, 3.05) is 0 Å². The molecule has 1 aromatic carbocycles. The molecule has 0 atom stereocenters. The van der Waals surface area contributed by atoms with Gasteiger partial charge in [0.1, 0.15) is 5.82 Å². The zero-order valence-electron chi connectivity index (χ0n) is 6.98. The van der Waals surface area contributed by atoms with Crippen molar-refractivity contribution in [1.82, 2.24) is 0 Å². The molecule has 0 bridgehead atoms. The Morgan fingerprint density at radius 1 is 1.38 bits per heavy atom. The first-order chi connectivity index (χ1) is 6.25. The zero-order chi connectivity index (χ0) is 9.26. The standard InChI is InChI=1S/C11H8ClF/c12-10-6-5-9(7-11(10)13)4-3-8-1-2-8/h5-8H,1-2H2. The van der Waals surface area contributed by atoms with Gasteiger partial charge in [-0.05, 0) is 31.0 Å². The highest BCUT2D eigenvalue weighted by Crippen LogP contribution is 2.27. The fourth-order valence-electron chi connectivity index (χ4n) is 0.987. The van der Waals surface area contributed by atoms with E-state index < -0.39 is 5.82 Å². The topological polar surface area (TPSA) is 0 Å². The molecule has 1 aliphatic rings. The lowest BCUT2D eigenvalue weighted by molar-refractivity contribution is 0.628. The molecule has 1 aliphatic carbocycles. The van der Waals surface area contributed by atoms with E-state index in [1.165, 1.54) is 25.0 Å². The number of rotatable bonds is 0. The van der Waals surface area contributed by atoms with Crippen LogP contribution >= 0.6 is 11.6 Å². The first-order valence-corrected chi connectivity index (χ1v) is 4.60. The van der Waals surface area contributed by atoms with Gasteiger partial charge in [-0.2, -0.15) is 0 Å². The van der Waals surface area contributed by atoms with E-state index in [1.54, 1.807) is 6.07 Å². The predicted octanol–water partition coefficient (Wildman–Crippen LogP) is 3.24. The Morgan fingerprint density at radius 2 is 2.15 bits per heavy atom. The van der Waals surface area contributed by atoms with Crippen LogP contribution in [0.3, 0.4) is 0 Å². The Bertz CT molecular complexity index is 383. The summed E-state index contributed by atoms with van der Waals surface area (Å²) in [6.45, 7) is 0. The average molecular weight is 195 g/mol. The molecule has 0 N–H and O–H groups in total. The van der Waals surface area contributed by atoms with Crippen LogP contribution in [0.1, 0.15) is 18.4 Å². The molecule has 1 fully saturated rings. The Labute approximate surface area is 81.7 Å². The third-order valence-electron chi connectivity index (χ3n) is 1.92. The molecular weight excluding hydrogens is 187 g/mol. The van der Waals surface area contributed by atoms with E-state index in [1.807, 2.05) is 0 Å². The quantitative estimate of drug-likeness (QED) is 0.557. The van der Waals surface area contributed by atoms with Gasteiger partial charge in [-0.15, -0.1) is 0 Å². The molecule has 1 saturated carbocycles. The Morgan fingerprint density at radius 3 is 2.77 bits per heavy atom. The van der Waals surface area contributed by atoms with Crippen LogP contribution in [-0.2, 0) is 0 Å². The van der Waals surface area contributed by atoms with Gasteiger partial charge >= 0.3 is 0 Å². The lowest BCUT2D eigenvalue weighted by atomic mass is 10.2. The monoisotopic (exact) mass is 194 g/mol. The summed E-state index contributed by atoms with van der Waals surface area (Å²) in [4.78, 5) is 0. The van der Waals surface area contributed by atoms with Crippen molar-refractivity contribution in [2.45, 2.75) is 12.8 Å². The molecule has 0 aromatic heterocycles. The molecular formula is C11H8ClF. The number of hydrogen-bond donors (Lipinski definition) is 0. The van der Waals surface area contributed by atoms with Gasteiger partial charge in [0, 0.05) is 11.5 Å². The van der Waals surface area contributed by atoms with Crippen LogP contribution in [-0.4, -0.2) is 0 Å². The van der Waals surface area contributed by atoms with Crippen LogP contribution in [0, 0.1) is 23.6 Å².